The van der Waals surface area contributed by atoms with Gasteiger partial charge in [0.1, 0.15) is 5.75 Å². The molecule has 1 unspecified atom stereocenters. The fourth-order valence-corrected chi connectivity index (χ4v) is 4.78. The van der Waals surface area contributed by atoms with Gasteiger partial charge in [0.05, 0.1) is 17.6 Å². The van der Waals surface area contributed by atoms with Gasteiger partial charge in [-0.1, -0.05) is 6.07 Å². The van der Waals surface area contributed by atoms with E-state index in [0.29, 0.717) is 12.3 Å². The average Bonchev–Trinajstić information content (AvgIpc) is 3.18. The number of benzene rings is 1. The summed E-state index contributed by atoms with van der Waals surface area (Å²) in [6.45, 7) is 0.663. The van der Waals surface area contributed by atoms with Crippen LogP contribution < -0.4 is 9.88 Å². The van der Waals surface area contributed by atoms with E-state index in [-0.39, 0.29) is 22.4 Å². The number of amides is 1. The van der Waals surface area contributed by atoms with Crippen LogP contribution >= 0.6 is 11.3 Å². The van der Waals surface area contributed by atoms with Crippen LogP contribution in [-0.2, 0) is 16.4 Å². The van der Waals surface area contributed by atoms with Crippen molar-refractivity contribution in [2.24, 2.45) is 5.14 Å². The molecule has 0 spiro atoms. The van der Waals surface area contributed by atoms with E-state index in [2.05, 4.69) is 11.4 Å². The minimum Gasteiger partial charge on any atom is -0.496 e. The van der Waals surface area contributed by atoms with Crippen molar-refractivity contribution in [3.8, 4) is 5.75 Å². The van der Waals surface area contributed by atoms with E-state index in [1.165, 1.54) is 30.2 Å². The number of sulfonamides is 1. The normalized spacial score (nSPS) is 17.7. The second-order valence-corrected chi connectivity index (χ2v) is 9.27. The van der Waals surface area contributed by atoms with Crippen molar-refractivity contribution in [3.05, 3.63) is 46.2 Å². The molecule has 1 fully saturated rings. The van der Waals surface area contributed by atoms with Crippen LogP contribution in [0.3, 0.4) is 0 Å². The van der Waals surface area contributed by atoms with E-state index in [4.69, 9.17) is 9.88 Å². The first-order chi connectivity index (χ1) is 12.9. The molecule has 1 amide bonds. The second-order valence-electron chi connectivity index (χ2n) is 6.67. The Bertz CT molecular complexity index is 894. The molecule has 0 bridgehead atoms. The third kappa shape index (κ3) is 4.69. The zero-order chi connectivity index (χ0) is 19.4. The first-order valence-corrected chi connectivity index (χ1v) is 11.4. The number of primary sulfonamides is 1. The van der Waals surface area contributed by atoms with Gasteiger partial charge in [0, 0.05) is 17.5 Å². The Labute approximate surface area is 164 Å². The average molecular weight is 409 g/mol. The largest absolute Gasteiger partial charge is 0.496 e. The molecule has 0 radical (unpaired) electrons. The minimum absolute atomic E-state index is 0.0844. The summed E-state index contributed by atoms with van der Waals surface area (Å²) in [7, 11) is -2.43. The Morgan fingerprint density at radius 1 is 1.33 bits per heavy atom. The molecule has 8 heteroatoms. The first kappa shape index (κ1) is 19.9. The van der Waals surface area contributed by atoms with Gasteiger partial charge in [0.25, 0.3) is 5.91 Å². The van der Waals surface area contributed by atoms with Crippen LogP contribution in [0.2, 0.25) is 0 Å². The lowest BCUT2D eigenvalue weighted by molar-refractivity contribution is 0.0598. The summed E-state index contributed by atoms with van der Waals surface area (Å²) in [5.41, 5.74) is 0.243. The molecule has 6 nitrogen and oxygen atoms in total. The fourth-order valence-electron chi connectivity index (χ4n) is 3.52. The number of aryl methyl sites for hydroxylation is 1. The molecule has 1 aliphatic rings. The smallest absolute Gasteiger partial charge is 0.257 e. The third-order valence-corrected chi connectivity index (χ3v) is 6.77. The summed E-state index contributed by atoms with van der Waals surface area (Å²) in [5, 5.41) is 7.29. The van der Waals surface area contributed by atoms with Crippen molar-refractivity contribution in [3.63, 3.8) is 0 Å². The molecular formula is C19H24N2O4S2. The van der Waals surface area contributed by atoms with E-state index in [1.807, 2.05) is 11.0 Å². The molecule has 27 heavy (non-hydrogen) atoms. The lowest BCUT2D eigenvalue weighted by atomic mass is 9.96. The highest BCUT2D eigenvalue weighted by molar-refractivity contribution is 7.89. The third-order valence-electron chi connectivity index (χ3n) is 4.92. The maximum Gasteiger partial charge on any atom is 0.257 e. The van der Waals surface area contributed by atoms with Gasteiger partial charge in [-0.05, 0) is 61.7 Å². The van der Waals surface area contributed by atoms with Crippen molar-refractivity contribution in [2.75, 3.05) is 13.7 Å². The zero-order valence-electron chi connectivity index (χ0n) is 15.3. The van der Waals surface area contributed by atoms with E-state index in [1.54, 1.807) is 11.3 Å². The molecule has 1 aliphatic heterocycles. The van der Waals surface area contributed by atoms with Gasteiger partial charge in [-0.25, -0.2) is 13.6 Å². The summed E-state index contributed by atoms with van der Waals surface area (Å²) in [4.78, 5) is 16.3. The Hall–Kier alpha value is -1.90. The number of nitrogens with zero attached hydrogens (tertiary/aromatic N) is 1. The number of likely N-dealkylation sites (tertiary alicyclic amines) is 1. The molecule has 1 saturated heterocycles. The van der Waals surface area contributed by atoms with Crippen molar-refractivity contribution in [2.45, 2.75) is 43.0 Å². The van der Waals surface area contributed by atoms with E-state index in [9.17, 15) is 13.2 Å². The predicted octanol–water partition coefficient (Wildman–Crippen LogP) is 3.03. The number of thiophene rings is 1. The summed E-state index contributed by atoms with van der Waals surface area (Å²) in [5.74, 6) is 0.156. The van der Waals surface area contributed by atoms with E-state index < -0.39 is 10.0 Å². The quantitative estimate of drug-likeness (QED) is 0.795. The molecule has 3 rings (SSSR count). The van der Waals surface area contributed by atoms with Crippen LogP contribution in [-0.4, -0.2) is 38.9 Å². The summed E-state index contributed by atoms with van der Waals surface area (Å²) >= 11 is 1.72. The molecule has 1 aromatic carbocycles. The van der Waals surface area contributed by atoms with Gasteiger partial charge >= 0.3 is 0 Å². The predicted molar refractivity (Wildman–Crippen MR) is 106 cm³/mol. The number of ether oxygens (including phenoxy) is 1. The number of hydrogen-bond acceptors (Lipinski definition) is 5. The number of methoxy groups -OCH3 is 1. The van der Waals surface area contributed by atoms with Crippen molar-refractivity contribution >= 4 is 27.3 Å². The molecule has 2 heterocycles. The Morgan fingerprint density at radius 3 is 2.81 bits per heavy atom. The molecule has 2 N–H and O–H groups in total. The van der Waals surface area contributed by atoms with E-state index in [0.717, 1.165) is 32.1 Å². The highest BCUT2D eigenvalue weighted by Crippen LogP contribution is 2.28. The number of nitrogens with two attached hydrogens (primary N) is 1. The number of hydrogen-bond donors (Lipinski definition) is 1. The molecular weight excluding hydrogens is 384 g/mol. The van der Waals surface area contributed by atoms with Gasteiger partial charge in [-0.15, -0.1) is 11.3 Å². The van der Waals surface area contributed by atoms with Crippen molar-refractivity contribution < 1.29 is 17.9 Å². The molecule has 0 saturated carbocycles. The van der Waals surface area contributed by atoms with Crippen LogP contribution in [0.5, 0.6) is 5.75 Å². The summed E-state index contributed by atoms with van der Waals surface area (Å²) < 4.78 is 28.7. The molecule has 2 aromatic rings. The highest BCUT2D eigenvalue weighted by atomic mass is 32.2. The summed E-state index contributed by atoms with van der Waals surface area (Å²) in [6.07, 6.45) is 4.81. The lowest BCUT2D eigenvalue weighted by Gasteiger charge is -2.36. The van der Waals surface area contributed by atoms with Crippen LogP contribution in [0, 0.1) is 0 Å². The van der Waals surface area contributed by atoms with Crippen LogP contribution in [0.15, 0.2) is 40.6 Å². The maximum absolute atomic E-state index is 13.2. The number of carbonyl (C=O) groups excluding carboxylic acids is 1. The lowest BCUT2D eigenvalue weighted by Crippen LogP contribution is -2.44. The van der Waals surface area contributed by atoms with Crippen molar-refractivity contribution in [1.82, 2.24) is 4.90 Å². The Balaban J connectivity index is 1.85. The fraction of sp³-hybridized carbons (Fsp3) is 0.421. The van der Waals surface area contributed by atoms with Crippen LogP contribution in [0.25, 0.3) is 0 Å². The molecule has 146 valence electrons. The van der Waals surface area contributed by atoms with Gasteiger partial charge in [-0.3, -0.25) is 4.79 Å². The maximum atomic E-state index is 13.2. The molecule has 1 aromatic heterocycles. The second kappa shape index (κ2) is 8.41. The minimum atomic E-state index is -3.89. The Kier molecular flexibility index (Phi) is 6.18. The van der Waals surface area contributed by atoms with Crippen molar-refractivity contribution in [1.29, 1.82) is 0 Å². The Morgan fingerprint density at radius 2 is 2.15 bits per heavy atom. The van der Waals surface area contributed by atoms with Gasteiger partial charge < -0.3 is 9.64 Å². The summed E-state index contributed by atoms with van der Waals surface area (Å²) in [6, 6.07) is 8.44. The first-order valence-electron chi connectivity index (χ1n) is 8.94. The molecule has 1 atom stereocenters. The van der Waals surface area contributed by atoms with E-state index >= 15 is 0 Å². The topological polar surface area (TPSA) is 89.7 Å². The van der Waals surface area contributed by atoms with Crippen LogP contribution in [0.4, 0.5) is 0 Å². The number of piperidine rings is 1. The van der Waals surface area contributed by atoms with Crippen LogP contribution in [0.1, 0.15) is 40.9 Å². The monoisotopic (exact) mass is 408 g/mol. The zero-order valence-corrected chi connectivity index (χ0v) is 16.9. The number of rotatable bonds is 6. The van der Waals surface area contributed by atoms with Gasteiger partial charge in [0.2, 0.25) is 10.0 Å². The van der Waals surface area contributed by atoms with Gasteiger partial charge in [-0.2, -0.15) is 0 Å². The highest BCUT2D eigenvalue weighted by Gasteiger charge is 2.29. The SMILES string of the molecule is COc1ccc(S(N)(=O)=O)cc1C(=O)N1CCCCC1CCc1cccs1. The number of carbonyl (C=O) groups is 1. The molecule has 0 aliphatic carbocycles. The standard InChI is InChI=1S/C19H24N2O4S2/c1-25-18-10-9-16(27(20,23)24)13-17(18)19(22)21-11-3-2-5-14(21)7-8-15-6-4-12-26-15/h4,6,9-10,12-14H,2-3,5,7-8,11H2,1H3,(H2,20,23,24). The van der Waals surface area contributed by atoms with Gasteiger partial charge in [0.15, 0.2) is 0 Å².